The summed E-state index contributed by atoms with van der Waals surface area (Å²) in [6.45, 7) is 0. The molecule has 0 bridgehead atoms. The largest absolute Gasteiger partial charge is 0.360 e. The van der Waals surface area contributed by atoms with Crippen molar-refractivity contribution >= 4 is 0 Å². The maximum absolute atomic E-state index is 12.1. The van der Waals surface area contributed by atoms with Crippen LogP contribution in [0.2, 0.25) is 0 Å². The lowest BCUT2D eigenvalue weighted by Gasteiger charge is -2.36. The fourth-order valence-corrected chi connectivity index (χ4v) is 2.83. The summed E-state index contributed by atoms with van der Waals surface area (Å²) < 4.78 is 0. The van der Waals surface area contributed by atoms with E-state index in [1.807, 2.05) is 91.0 Å². The number of rotatable bonds is 5. The Hall–Kier alpha value is -3.14. The van der Waals surface area contributed by atoms with Crippen molar-refractivity contribution in [3.8, 4) is 0 Å². The van der Waals surface area contributed by atoms with Crippen LogP contribution >= 0.6 is 0 Å². The van der Waals surface area contributed by atoms with E-state index in [-0.39, 0.29) is 5.02 Å². The normalized spacial score (nSPS) is 12.0. The number of nitrogens with zero attached hydrogens (tertiary/aromatic N) is 2. The van der Waals surface area contributed by atoms with E-state index in [1.54, 1.807) is 0 Å². The van der Waals surface area contributed by atoms with Gasteiger partial charge in [0.15, 0.2) is 10.6 Å². The third-order valence-electron chi connectivity index (χ3n) is 3.92. The van der Waals surface area contributed by atoms with Crippen molar-refractivity contribution in [2.24, 2.45) is 5.11 Å². The van der Waals surface area contributed by atoms with Crippen molar-refractivity contribution in [3.63, 3.8) is 0 Å². The lowest BCUT2D eigenvalue weighted by atomic mass is 9.80. The van der Waals surface area contributed by atoms with Crippen LogP contribution in [0.5, 0.6) is 0 Å². The molecule has 120 valence electrons. The van der Waals surface area contributed by atoms with Crippen LogP contribution in [0, 0.1) is 5.21 Å². The summed E-state index contributed by atoms with van der Waals surface area (Å²) in [6, 6.07) is 29.1. The summed E-state index contributed by atoms with van der Waals surface area (Å²) in [4.78, 5) is 5.86. The van der Waals surface area contributed by atoms with Gasteiger partial charge in [-0.25, -0.2) is 5.21 Å². The van der Waals surface area contributed by atoms with Gasteiger partial charge in [-0.15, -0.1) is 0 Å². The lowest BCUT2D eigenvalue weighted by Crippen LogP contribution is -2.35. The van der Waals surface area contributed by atoms with Crippen LogP contribution in [0.1, 0.15) is 16.7 Å². The Bertz CT molecular complexity index is 706. The second-order valence-corrected chi connectivity index (χ2v) is 5.31. The van der Waals surface area contributed by atoms with E-state index >= 15 is 0 Å². The third kappa shape index (κ3) is 2.86. The van der Waals surface area contributed by atoms with Crippen LogP contribution in [0.4, 0.5) is 0 Å². The minimum absolute atomic E-state index is 0.271. The predicted octanol–water partition coefficient (Wildman–Crippen LogP) is 4.50. The average Bonchev–Trinajstić information content (AvgIpc) is 2.68. The fourth-order valence-electron chi connectivity index (χ4n) is 2.83. The SMILES string of the molecule is CN=[N+]([O-])OC(c1ccccc1)(c1ccccc1)c1ccccc1. The maximum atomic E-state index is 12.1. The van der Waals surface area contributed by atoms with Gasteiger partial charge in [0.1, 0.15) is 0 Å². The summed E-state index contributed by atoms with van der Waals surface area (Å²) in [7, 11) is 1.40. The van der Waals surface area contributed by atoms with Gasteiger partial charge in [0.25, 0.3) is 0 Å². The van der Waals surface area contributed by atoms with Crippen LogP contribution in [0.25, 0.3) is 0 Å². The highest BCUT2D eigenvalue weighted by Gasteiger charge is 2.37. The van der Waals surface area contributed by atoms with Gasteiger partial charge in [0.2, 0.25) is 0 Å². The molecule has 0 saturated carbocycles. The van der Waals surface area contributed by atoms with E-state index in [9.17, 15) is 5.21 Å². The Morgan fingerprint density at radius 3 is 1.33 bits per heavy atom. The zero-order chi connectivity index (χ0) is 16.8. The highest BCUT2D eigenvalue weighted by atomic mass is 16.9. The van der Waals surface area contributed by atoms with Crippen LogP contribution in [-0.2, 0) is 10.4 Å². The Balaban J connectivity index is 2.32. The first-order chi connectivity index (χ1) is 11.8. The molecule has 0 radical (unpaired) electrons. The Labute approximate surface area is 141 Å². The van der Waals surface area contributed by atoms with Gasteiger partial charge < -0.3 is 4.84 Å². The molecule has 24 heavy (non-hydrogen) atoms. The first-order valence-electron chi connectivity index (χ1n) is 7.70. The lowest BCUT2D eigenvalue weighted by molar-refractivity contribution is -0.808. The molecule has 0 unspecified atom stereocenters. The average molecular weight is 318 g/mol. The summed E-state index contributed by atoms with van der Waals surface area (Å²) >= 11 is 0. The molecule has 0 aliphatic carbocycles. The summed E-state index contributed by atoms with van der Waals surface area (Å²) in [5, 5.41) is 16.0. The molecule has 0 spiro atoms. The quantitative estimate of drug-likeness (QED) is 0.395. The zero-order valence-electron chi connectivity index (χ0n) is 13.4. The van der Waals surface area contributed by atoms with Crippen LogP contribution < -0.4 is 0 Å². The molecular weight excluding hydrogens is 300 g/mol. The van der Waals surface area contributed by atoms with Crippen LogP contribution in [0.15, 0.2) is 96.1 Å². The first kappa shape index (κ1) is 15.7. The molecule has 0 N–H and O–H groups in total. The fraction of sp³-hybridized carbons (Fsp3) is 0.100. The van der Waals surface area contributed by atoms with E-state index in [2.05, 4.69) is 5.11 Å². The second kappa shape index (κ2) is 6.96. The van der Waals surface area contributed by atoms with Gasteiger partial charge in [-0.2, -0.15) is 0 Å². The minimum atomic E-state index is -1.08. The van der Waals surface area contributed by atoms with Gasteiger partial charge in [-0.05, 0) is 16.7 Å². The molecule has 0 saturated heterocycles. The Morgan fingerprint density at radius 1 is 0.708 bits per heavy atom. The molecule has 0 heterocycles. The standard InChI is InChI=1S/C20H18N2O2/c1-21-22(23)24-20(17-11-5-2-6-12-17,18-13-7-3-8-14-18)19-15-9-4-10-16-19/h2-16H,1H3. The topological polar surface area (TPSA) is 47.7 Å². The van der Waals surface area contributed by atoms with Gasteiger partial charge in [-0.1, -0.05) is 91.0 Å². The van der Waals surface area contributed by atoms with Gasteiger partial charge in [0, 0.05) is 5.11 Å². The van der Waals surface area contributed by atoms with Crippen molar-refractivity contribution in [2.75, 3.05) is 7.05 Å². The van der Waals surface area contributed by atoms with Gasteiger partial charge in [-0.3, -0.25) is 0 Å². The van der Waals surface area contributed by atoms with Crippen molar-refractivity contribution in [1.82, 2.24) is 0 Å². The van der Waals surface area contributed by atoms with Crippen molar-refractivity contribution in [2.45, 2.75) is 5.60 Å². The first-order valence-corrected chi connectivity index (χ1v) is 7.70. The van der Waals surface area contributed by atoms with Gasteiger partial charge >= 0.3 is 0 Å². The summed E-state index contributed by atoms with van der Waals surface area (Å²) in [5.41, 5.74) is 1.48. The van der Waals surface area contributed by atoms with Crippen LogP contribution in [0.3, 0.4) is 0 Å². The maximum Gasteiger partial charge on any atom is 0.170 e. The minimum Gasteiger partial charge on any atom is -0.360 e. The highest BCUT2D eigenvalue weighted by molar-refractivity contribution is 5.47. The molecule has 0 aromatic heterocycles. The molecule has 4 heteroatoms. The third-order valence-corrected chi connectivity index (χ3v) is 3.92. The molecular formula is C20H18N2O2. The van der Waals surface area contributed by atoms with Crippen molar-refractivity contribution in [1.29, 1.82) is 0 Å². The molecule has 3 rings (SSSR count). The van der Waals surface area contributed by atoms with E-state index in [1.165, 1.54) is 7.05 Å². The molecule has 0 aliphatic rings. The molecule has 3 aromatic rings. The Kier molecular flexibility index (Phi) is 4.57. The summed E-state index contributed by atoms with van der Waals surface area (Å²) in [6.07, 6.45) is 0. The van der Waals surface area contributed by atoms with E-state index in [0.29, 0.717) is 0 Å². The Morgan fingerprint density at radius 2 is 1.04 bits per heavy atom. The zero-order valence-corrected chi connectivity index (χ0v) is 13.4. The molecule has 0 fully saturated rings. The van der Waals surface area contributed by atoms with Crippen LogP contribution in [-0.4, -0.2) is 12.1 Å². The number of hydrogen-bond donors (Lipinski definition) is 0. The van der Waals surface area contributed by atoms with Gasteiger partial charge in [0.05, 0.1) is 7.05 Å². The van der Waals surface area contributed by atoms with E-state index in [0.717, 1.165) is 16.7 Å². The van der Waals surface area contributed by atoms with Crippen molar-refractivity contribution in [3.05, 3.63) is 113 Å². The number of benzene rings is 3. The molecule has 0 aliphatic heterocycles. The number of hydrogen-bond acceptors (Lipinski definition) is 3. The van der Waals surface area contributed by atoms with E-state index < -0.39 is 5.60 Å². The molecule has 0 atom stereocenters. The highest BCUT2D eigenvalue weighted by Crippen LogP contribution is 2.40. The predicted molar refractivity (Wildman–Crippen MR) is 92.3 cm³/mol. The second-order valence-electron chi connectivity index (χ2n) is 5.31. The smallest absolute Gasteiger partial charge is 0.170 e. The monoisotopic (exact) mass is 318 g/mol. The van der Waals surface area contributed by atoms with Crippen molar-refractivity contribution < 1.29 is 9.86 Å². The summed E-state index contributed by atoms with van der Waals surface area (Å²) in [5.74, 6) is 0. The van der Waals surface area contributed by atoms with E-state index in [4.69, 9.17) is 4.84 Å². The molecule has 3 aromatic carbocycles. The molecule has 0 amide bonds. The molecule has 4 nitrogen and oxygen atoms in total.